The Hall–Kier alpha value is -2.65. The lowest BCUT2D eigenvalue weighted by Gasteiger charge is -2.51. The van der Waals surface area contributed by atoms with Crippen LogP contribution in [0.25, 0.3) is 0 Å². The fourth-order valence-electron chi connectivity index (χ4n) is 7.85. The van der Waals surface area contributed by atoms with Gasteiger partial charge in [-0.2, -0.15) is 0 Å². The molecule has 0 saturated heterocycles. The first-order valence-electron chi connectivity index (χ1n) is 13.9. The van der Waals surface area contributed by atoms with Crippen LogP contribution >= 0.6 is 0 Å². The lowest BCUT2D eigenvalue weighted by molar-refractivity contribution is -0.133. The van der Waals surface area contributed by atoms with Crippen LogP contribution in [0.3, 0.4) is 0 Å². The van der Waals surface area contributed by atoms with Crippen molar-refractivity contribution in [3.8, 4) is 11.5 Å². The van der Waals surface area contributed by atoms with Gasteiger partial charge in [0.05, 0.1) is 14.2 Å². The van der Waals surface area contributed by atoms with Gasteiger partial charge in [0, 0.05) is 30.9 Å². The number of amides is 1. The maximum absolute atomic E-state index is 15.6. The van der Waals surface area contributed by atoms with Crippen LogP contribution in [0, 0.1) is 23.2 Å². The number of fused-ring (bicyclic) bond motifs is 5. The van der Waals surface area contributed by atoms with Gasteiger partial charge in [0.1, 0.15) is 11.5 Å². The third kappa shape index (κ3) is 5.15. The average molecular weight is 541 g/mol. The number of aryl methyl sites for hydroxylation is 1. The van der Waals surface area contributed by atoms with Gasteiger partial charge in [-0.05, 0) is 90.1 Å². The van der Waals surface area contributed by atoms with E-state index in [1.165, 1.54) is 0 Å². The third-order valence-electron chi connectivity index (χ3n) is 9.81. The second-order valence-electron chi connectivity index (χ2n) is 11.8. The summed E-state index contributed by atoms with van der Waals surface area (Å²) in [4.78, 5) is 12.8. The molecule has 3 unspecified atom stereocenters. The molecule has 2 aromatic carbocycles. The van der Waals surface area contributed by atoms with Gasteiger partial charge in [-0.15, -0.1) is 0 Å². The highest BCUT2D eigenvalue weighted by Crippen LogP contribution is 2.68. The number of ether oxygens (including phenoxy) is 2. The Morgan fingerprint density at radius 1 is 1.10 bits per heavy atom. The van der Waals surface area contributed by atoms with E-state index in [0.29, 0.717) is 42.8 Å². The smallest absolute Gasteiger partial charge is 0.488 e. The van der Waals surface area contributed by atoms with Crippen molar-refractivity contribution in [2.75, 3.05) is 14.2 Å². The summed E-state index contributed by atoms with van der Waals surface area (Å²) in [7, 11) is 1.62. The largest absolute Gasteiger partial charge is 0.497 e. The first-order valence-corrected chi connectivity index (χ1v) is 13.9. The van der Waals surface area contributed by atoms with Crippen molar-refractivity contribution in [3.05, 3.63) is 53.1 Å². The maximum atomic E-state index is 15.6. The summed E-state index contributed by atoms with van der Waals surface area (Å²) in [5, 5.41) is 22.1. The van der Waals surface area contributed by atoms with Gasteiger partial charge in [-0.3, -0.25) is 4.79 Å². The Labute approximate surface area is 229 Å². The van der Waals surface area contributed by atoms with Gasteiger partial charge < -0.3 is 24.8 Å². The maximum Gasteiger partial charge on any atom is 0.488 e. The van der Waals surface area contributed by atoms with Gasteiger partial charge in [-0.25, -0.2) is 8.78 Å². The number of nitrogens with one attached hydrogen (secondary N) is 1. The Balaban J connectivity index is 1.28. The van der Waals surface area contributed by atoms with Gasteiger partial charge in [0.15, 0.2) is 0 Å². The summed E-state index contributed by atoms with van der Waals surface area (Å²) in [5.41, 5.74) is 2.51. The summed E-state index contributed by atoms with van der Waals surface area (Å²) >= 11 is 0. The van der Waals surface area contributed by atoms with Crippen LogP contribution < -0.4 is 20.3 Å². The lowest BCUT2D eigenvalue weighted by atomic mass is 9.53. The van der Waals surface area contributed by atoms with Crippen molar-refractivity contribution in [1.82, 2.24) is 5.32 Å². The molecule has 6 nitrogen and oxygen atoms in total. The van der Waals surface area contributed by atoms with E-state index in [4.69, 9.17) is 9.47 Å². The van der Waals surface area contributed by atoms with Crippen molar-refractivity contribution in [2.24, 2.45) is 23.2 Å². The Morgan fingerprint density at radius 3 is 2.49 bits per heavy atom. The van der Waals surface area contributed by atoms with E-state index in [-0.39, 0.29) is 42.4 Å². The molecule has 1 amide bonds. The number of halogens is 2. The van der Waals surface area contributed by atoms with E-state index >= 15 is 8.78 Å². The minimum absolute atomic E-state index is 0.131. The summed E-state index contributed by atoms with van der Waals surface area (Å²) in [6.07, 6.45) is 3.19. The minimum atomic E-state index is -2.76. The van der Waals surface area contributed by atoms with Crippen LogP contribution in [0.5, 0.6) is 11.5 Å². The van der Waals surface area contributed by atoms with E-state index in [0.717, 1.165) is 29.5 Å². The minimum Gasteiger partial charge on any atom is -0.497 e. The quantitative estimate of drug-likeness (QED) is 0.437. The summed E-state index contributed by atoms with van der Waals surface area (Å²) in [5.74, 6) is -1.70. The molecule has 0 aliphatic heterocycles. The molecule has 2 fully saturated rings. The Morgan fingerprint density at radius 2 is 1.82 bits per heavy atom. The molecule has 3 aliphatic carbocycles. The van der Waals surface area contributed by atoms with Gasteiger partial charge in [-0.1, -0.05) is 25.1 Å². The normalized spacial score (nSPS) is 28.6. The fraction of sp³-hybridized carbons (Fsp3) is 0.567. The van der Waals surface area contributed by atoms with Crippen molar-refractivity contribution < 1.29 is 33.1 Å². The fourth-order valence-corrected chi connectivity index (χ4v) is 7.85. The Bertz CT molecular complexity index is 1200. The molecular weight excluding hydrogens is 503 g/mol. The summed E-state index contributed by atoms with van der Waals surface area (Å²) in [6, 6.07) is 11.0. The highest BCUT2D eigenvalue weighted by atomic mass is 19.3. The van der Waals surface area contributed by atoms with Crippen LogP contribution in [0.1, 0.15) is 68.1 Å². The van der Waals surface area contributed by atoms with E-state index in [9.17, 15) is 14.8 Å². The number of rotatable bonds is 8. The molecule has 0 heterocycles. The zero-order chi connectivity index (χ0) is 27.9. The standard InChI is InChI=1S/C30H38BF2NO5/c1-29-11-10-25-24-8-6-21(31(36)37)14-19(24)4-7-26(25)28(29)20(16-30(29,32)33)5-9-27(35)34-17-18-12-22(38-2)15-23(13-18)39-3/h6,8,12-15,20,25-26,28,36-37H,4-5,7,9-11,16-17H2,1-3H3,(H,34,35)/t20-,25?,26?,28?,29+/m1/s1. The van der Waals surface area contributed by atoms with E-state index < -0.39 is 18.5 Å². The number of hydrogen-bond donors (Lipinski definition) is 3. The number of carbonyl (C=O) groups excluding carboxylic acids is 1. The number of benzene rings is 2. The Kier molecular flexibility index (Phi) is 7.68. The van der Waals surface area contributed by atoms with Gasteiger partial charge in [0.25, 0.3) is 5.92 Å². The van der Waals surface area contributed by atoms with E-state index in [2.05, 4.69) is 5.32 Å². The predicted octanol–water partition coefficient (Wildman–Crippen LogP) is 4.20. The first-order chi connectivity index (χ1) is 18.6. The number of carbonyl (C=O) groups is 1. The van der Waals surface area contributed by atoms with Gasteiger partial charge in [0.2, 0.25) is 5.91 Å². The zero-order valence-electron chi connectivity index (χ0n) is 22.9. The molecule has 3 N–H and O–H groups in total. The van der Waals surface area contributed by atoms with Crippen molar-refractivity contribution >= 4 is 18.5 Å². The summed E-state index contributed by atoms with van der Waals surface area (Å²) in [6.45, 7) is 2.07. The molecule has 9 heteroatoms. The summed E-state index contributed by atoms with van der Waals surface area (Å²) < 4.78 is 41.7. The molecule has 0 spiro atoms. The van der Waals surface area contributed by atoms with Crippen LogP contribution in [0.2, 0.25) is 0 Å². The third-order valence-corrected chi connectivity index (χ3v) is 9.81. The van der Waals surface area contributed by atoms with E-state index in [1.807, 2.05) is 24.3 Å². The first kappa shape index (κ1) is 27.9. The van der Waals surface area contributed by atoms with Crippen LogP contribution in [-0.2, 0) is 17.8 Å². The highest BCUT2D eigenvalue weighted by molar-refractivity contribution is 6.58. The molecule has 210 valence electrons. The molecule has 0 aromatic heterocycles. The second-order valence-corrected chi connectivity index (χ2v) is 11.8. The van der Waals surface area contributed by atoms with Crippen LogP contribution in [0.4, 0.5) is 8.78 Å². The van der Waals surface area contributed by atoms with E-state index in [1.54, 1.807) is 33.3 Å². The monoisotopic (exact) mass is 541 g/mol. The molecule has 5 atom stereocenters. The zero-order valence-corrected chi connectivity index (χ0v) is 22.9. The topological polar surface area (TPSA) is 88.0 Å². The SMILES string of the molecule is COc1cc(CNC(=O)CC[C@@H]2CC(F)(F)[C@@]3(C)CCC4c5ccc(B(O)O)cc5CCC4C23)cc(OC)c1. The molecule has 2 saturated carbocycles. The van der Waals surface area contributed by atoms with Gasteiger partial charge >= 0.3 is 7.12 Å². The van der Waals surface area contributed by atoms with Crippen molar-refractivity contribution in [3.63, 3.8) is 0 Å². The molecule has 0 radical (unpaired) electrons. The van der Waals surface area contributed by atoms with Crippen LogP contribution in [0.15, 0.2) is 36.4 Å². The van der Waals surface area contributed by atoms with Crippen molar-refractivity contribution in [2.45, 2.75) is 70.3 Å². The lowest BCUT2D eigenvalue weighted by Crippen LogP contribution is -2.48. The average Bonchev–Trinajstić information content (AvgIpc) is 3.14. The predicted molar refractivity (Wildman–Crippen MR) is 145 cm³/mol. The molecular formula is C30H38BF2NO5. The van der Waals surface area contributed by atoms with Crippen LogP contribution in [-0.4, -0.2) is 43.2 Å². The molecule has 0 bridgehead atoms. The molecule has 39 heavy (non-hydrogen) atoms. The highest BCUT2D eigenvalue weighted by Gasteiger charge is 2.67. The molecule has 5 rings (SSSR count). The molecule has 3 aliphatic rings. The van der Waals surface area contributed by atoms with Crippen molar-refractivity contribution in [1.29, 1.82) is 0 Å². The molecule has 2 aromatic rings. The second kappa shape index (κ2) is 10.7. The number of alkyl halides is 2. The number of hydrogen-bond acceptors (Lipinski definition) is 5. The number of methoxy groups -OCH3 is 2.